The Morgan fingerprint density at radius 2 is 1.83 bits per heavy atom. The van der Waals surface area contributed by atoms with E-state index < -0.39 is 56.7 Å². The molecule has 0 radical (unpaired) electrons. The number of ether oxygens (including phenoxy) is 2. The maximum absolute atomic E-state index is 14.8. The number of allylic oxidation sites excluding steroid dienone is 1. The van der Waals surface area contributed by atoms with Gasteiger partial charge >= 0.3 is 0 Å². The number of para-hydroxylation sites is 1. The van der Waals surface area contributed by atoms with Crippen molar-refractivity contribution in [2.45, 2.75) is 107 Å². The molecule has 4 N–H and O–H groups in total. The average Bonchev–Trinajstić information content (AvgIpc) is 4.10. The molecular formula is C43H51N7O7S2. The number of methoxy groups -OCH3 is 1. The Kier molecular flexibility index (Phi) is 11.5. The van der Waals surface area contributed by atoms with Crippen LogP contribution in [0.2, 0.25) is 0 Å². The standard InChI is InChI=1S/C43H51N7O7S2/c1-26(2)44-42-47-36(25-58-42)35-22-38(32-19-16-29(56-3)20-34(32)46-35)57-30-21-37-39(51)48-43(41(53)49-59(54,55)31-17-18-31)23-27(43)12-8-5-4-6-11-15-33(40(52)50(37)24-30)45-28-13-9-7-10-14-28/h7-10,12-14,16,19-20,22,25-27,30-31,33,37,45H,4-6,11,15,17-18,21,23-24H2,1-3H3,(H,44,47)(H,48,51)(H,49,53)/b12-8-/t27-,30-,33+,37+,43-/m1/s1. The fourth-order valence-electron chi connectivity index (χ4n) is 8.00. The van der Waals surface area contributed by atoms with Crippen molar-refractivity contribution in [2.24, 2.45) is 5.92 Å². The highest BCUT2D eigenvalue weighted by Gasteiger charge is 2.62. The molecule has 0 spiro atoms. The zero-order valence-electron chi connectivity index (χ0n) is 33.5. The minimum Gasteiger partial charge on any atom is -0.497 e. The molecular weight excluding hydrogens is 791 g/mol. The minimum atomic E-state index is -3.88. The zero-order valence-corrected chi connectivity index (χ0v) is 35.1. The number of carbonyl (C=O) groups excluding carboxylic acids is 3. The van der Waals surface area contributed by atoms with Crippen molar-refractivity contribution in [3.63, 3.8) is 0 Å². The average molecular weight is 842 g/mol. The quantitative estimate of drug-likeness (QED) is 0.130. The van der Waals surface area contributed by atoms with Crippen LogP contribution in [0.15, 0.2) is 72.1 Å². The van der Waals surface area contributed by atoms with Crippen LogP contribution < -0.4 is 30.1 Å². The van der Waals surface area contributed by atoms with Gasteiger partial charge in [0.15, 0.2) is 5.13 Å². The van der Waals surface area contributed by atoms with E-state index in [1.807, 2.05) is 86.0 Å². The van der Waals surface area contributed by atoms with E-state index in [0.29, 0.717) is 53.1 Å². The summed E-state index contributed by atoms with van der Waals surface area (Å²) in [6.07, 6.45) is 8.50. The first-order chi connectivity index (χ1) is 28.4. The van der Waals surface area contributed by atoms with Crippen LogP contribution in [0.25, 0.3) is 22.3 Å². The van der Waals surface area contributed by atoms with Crippen LogP contribution in [0.1, 0.15) is 71.6 Å². The fourth-order valence-corrected chi connectivity index (χ4v) is 10.2. The maximum atomic E-state index is 14.8. The molecule has 16 heteroatoms. The Hall–Kier alpha value is -5.22. The lowest BCUT2D eigenvalue weighted by Gasteiger charge is -2.30. The maximum Gasteiger partial charge on any atom is 0.259 e. The number of anilines is 2. The third-order valence-electron chi connectivity index (χ3n) is 11.4. The normalized spacial score (nSPS) is 25.5. The second-order valence-corrected chi connectivity index (χ2v) is 19.1. The van der Waals surface area contributed by atoms with Gasteiger partial charge in [-0.25, -0.2) is 18.4 Å². The number of hydrogen-bond acceptors (Lipinski definition) is 12. The molecule has 2 aliphatic heterocycles. The number of thiazole rings is 1. The first kappa shape index (κ1) is 40.6. The number of pyridine rings is 1. The number of fused-ring (bicyclic) bond motifs is 3. The summed E-state index contributed by atoms with van der Waals surface area (Å²) in [6.45, 7) is 4.18. The van der Waals surface area contributed by atoms with Crippen molar-refractivity contribution in [1.29, 1.82) is 0 Å². The molecule has 2 aliphatic carbocycles. The molecule has 3 fully saturated rings. The van der Waals surface area contributed by atoms with Gasteiger partial charge in [-0.3, -0.25) is 19.1 Å². The Morgan fingerprint density at radius 1 is 1.02 bits per heavy atom. The summed E-state index contributed by atoms with van der Waals surface area (Å²) >= 11 is 1.48. The van der Waals surface area contributed by atoms with Crippen LogP contribution in [0.5, 0.6) is 11.5 Å². The van der Waals surface area contributed by atoms with E-state index in [-0.39, 0.29) is 31.3 Å². The number of aromatic nitrogens is 2. The van der Waals surface area contributed by atoms with Crippen LogP contribution >= 0.6 is 11.3 Å². The third kappa shape index (κ3) is 9.03. The van der Waals surface area contributed by atoms with Crippen molar-refractivity contribution >= 4 is 60.8 Å². The molecule has 4 heterocycles. The zero-order chi connectivity index (χ0) is 41.3. The van der Waals surface area contributed by atoms with Crippen LogP contribution in [-0.4, -0.2) is 89.7 Å². The smallest absolute Gasteiger partial charge is 0.259 e. The lowest BCUT2D eigenvalue weighted by Crippen LogP contribution is -2.57. The molecule has 2 aromatic heterocycles. The summed E-state index contributed by atoms with van der Waals surface area (Å²) < 4.78 is 40.5. The van der Waals surface area contributed by atoms with Gasteiger partial charge in [0.05, 0.1) is 30.1 Å². The number of nitrogens with zero attached hydrogens (tertiary/aromatic N) is 3. The van der Waals surface area contributed by atoms with Gasteiger partial charge in [-0.1, -0.05) is 43.2 Å². The number of nitrogens with one attached hydrogen (secondary N) is 4. The van der Waals surface area contributed by atoms with Crippen LogP contribution in [-0.2, 0) is 24.4 Å². The summed E-state index contributed by atoms with van der Waals surface area (Å²) in [5, 5.41) is 12.6. The number of rotatable bonds is 11. The van der Waals surface area contributed by atoms with Crippen molar-refractivity contribution in [3.8, 4) is 22.9 Å². The first-order valence-corrected chi connectivity index (χ1v) is 22.9. The van der Waals surface area contributed by atoms with Crippen LogP contribution in [0, 0.1) is 5.92 Å². The summed E-state index contributed by atoms with van der Waals surface area (Å²) in [4.78, 5) is 54.6. The second-order valence-electron chi connectivity index (χ2n) is 16.3. The molecule has 4 aromatic rings. The fraction of sp³-hybridized carbons (Fsp3) is 0.465. The molecule has 8 rings (SSSR count). The second kappa shape index (κ2) is 16.8. The van der Waals surface area contributed by atoms with Crippen molar-refractivity contribution in [2.75, 3.05) is 24.3 Å². The predicted octanol–water partition coefficient (Wildman–Crippen LogP) is 6.02. The number of amides is 3. The highest BCUT2D eigenvalue weighted by Crippen LogP contribution is 2.46. The highest BCUT2D eigenvalue weighted by molar-refractivity contribution is 7.91. The molecule has 1 saturated heterocycles. The van der Waals surface area contributed by atoms with E-state index in [4.69, 9.17) is 19.4 Å². The topological polar surface area (TPSA) is 181 Å². The molecule has 3 amide bonds. The van der Waals surface area contributed by atoms with Gasteiger partial charge in [0.1, 0.15) is 40.9 Å². The SMILES string of the molecule is COc1ccc2c(O[C@@H]3C[C@H]4C(=O)N[C@]5(C(=O)NS(=O)(=O)C6CC6)C[C@H]5/C=C\CCCCC[C@H](Nc5ccccc5)C(=O)N4C3)cc(-c3csc(NC(C)C)n3)nc2c1. The van der Waals surface area contributed by atoms with Crippen LogP contribution in [0.3, 0.4) is 0 Å². The number of sulfonamides is 1. The third-order valence-corrected chi connectivity index (χ3v) is 14.0. The summed E-state index contributed by atoms with van der Waals surface area (Å²) in [7, 11) is -2.28. The van der Waals surface area contributed by atoms with E-state index in [2.05, 4.69) is 20.7 Å². The summed E-state index contributed by atoms with van der Waals surface area (Å²) in [5.74, 6) is -0.804. The number of hydrogen-bond donors (Lipinski definition) is 4. The molecule has 0 bridgehead atoms. The first-order valence-electron chi connectivity index (χ1n) is 20.5. The predicted molar refractivity (Wildman–Crippen MR) is 228 cm³/mol. The Labute approximate surface area is 348 Å². The molecule has 59 heavy (non-hydrogen) atoms. The molecule has 4 aliphatic rings. The monoisotopic (exact) mass is 841 g/mol. The molecule has 2 aromatic carbocycles. The lowest BCUT2D eigenvalue weighted by atomic mass is 10.0. The number of carbonyl (C=O) groups is 3. The van der Waals surface area contributed by atoms with Crippen molar-refractivity contribution in [1.82, 2.24) is 24.9 Å². The van der Waals surface area contributed by atoms with E-state index in [1.54, 1.807) is 12.0 Å². The molecule has 14 nitrogen and oxygen atoms in total. The Bertz CT molecular complexity index is 2350. The largest absolute Gasteiger partial charge is 0.497 e. The van der Waals surface area contributed by atoms with Crippen molar-refractivity contribution < 1.29 is 32.3 Å². The Morgan fingerprint density at radius 3 is 2.59 bits per heavy atom. The van der Waals surface area contributed by atoms with Crippen LogP contribution in [0.4, 0.5) is 10.8 Å². The summed E-state index contributed by atoms with van der Waals surface area (Å²) in [6, 6.07) is 15.4. The van der Waals surface area contributed by atoms with Gasteiger partial charge in [-0.15, -0.1) is 11.3 Å². The molecule has 312 valence electrons. The van der Waals surface area contributed by atoms with Crippen molar-refractivity contribution in [3.05, 3.63) is 72.1 Å². The van der Waals surface area contributed by atoms with Gasteiger partial charge in [0.2, 0.25) is 21.8 Å². The Balaban J connectivity index is 1.13. The molecule has 0 unspecified atom stereocenters. The number of benzene rings is 2. The van der Waals surface area contributed by atoms with Gasteiger partial charge in [-0.2, -0.15) is 0 Å². The highest BCUT2D eigenvalue weighted by atomic mass is 32.2. The van der Waals surface area contributed by atoms with E-state index in [1.165, 1.54) is 11.3 Å². The van der Waals surface area contributed by atoms with Gasteiger partial charge in [0, 0.05) is 47.0 Å². The van der Waals surface area contributed by atoms with E-state index in [0.717, 1.165) is 36.5 Å². The van der Waals surface area contributed by atoms with Gasteiger partial charge < -0.3 is 30.3 Å². The van der Waals surface area contributed by atoms with Gasteiger partial charge in [-0.05, 0) is 76.6 Å². The van der Waals surface area contributed by atoms with E-state index >= 15 is 0 Å². The molecule has 2 saturated carbocycles. The summed E-state index contributed by atoms with van der Waals surface area (Å²) in [5.41, 5.74) is 1.20. The molecule has 5 atom stereocenters. The lowest BCUT2D eigenvalue weighted by molar-refractivity contribution is -0.140. The van der Waals surface area contributed by atoms with E-state index in [9.17, 15) is 22.8 Å². The van der Waals surface area contributed by atoms with Gasteiger partial charge in [0.25, 0.3) is 5.91 Å². The minimum absolute atomic E-state index is 0.0942.